The molecule has 1 heterocycles. The molecular weight excluding hydrogens is 276 g/mol. The Morgan fingerprint density at radius 3 is 2.64 bits per heavy atom. The van der Waals surface area contributed by atoms with Crippen LogP contribution in [-0.2, 0) is 4.79 Å². The number of carbonyl (C=O) groups is 1. The molecule has 122 valence electrons. The first-order valence-electron chi connectivity index (χ1n) is 8.39. The quantitative estimate of drug-likeness (QED) is 0.814. The number of aliphatic hydroxyl groups is 1. The summed E-state index contributed by atoms with van der Waals surface area (Å²) >= 11 is 0. The highest BCUT2D eigenvalue weighted by molar-refractivity contribution is 5.90. The van der Waals surface area contributed by atoms with Gasteiger partial charge in [-0.3, -0.25) is 4.79 Å². The van der Waals surface area contributed by atoms with Crippen LogP contribution in [0, 0.1) is 5.92 Å². The number of rotatable bonds is 7. The molecule has 1 aliphatic heterocycles. The van der Waals surface area contributed by atoms with Crippen molar-refractivity contribution in [3.05, 3.63) is 30.3 Å². The maximum atomic E-state index is 12.0. The van der Waals surface area contributed by atoms with Crippen LogP contribution < -0.4 is 5.32 Å². The van der Waals surface area contributed by atoms with E-state index in [9.17, 15) is 4.79 Å². The molecule has 0 bridgehead atoms. The average Bonchev–Trinajstić information content (AvgIpc) is 2.54. The maximum absolute atomic E-state index is 12.0. The smallest absolute Gasteiger partial charge is 0.224 e. The molecule has 1 amide bonds. The molecule has 0 aliphatic carbocycles. The third-order valence-corrected chi connectivity index (χ3v) is 4.66. The molecule has 1 saturated heterocycles. The van der Waals surface area contributed by atoms with Gasteiger partial charge in [-0.1, -0.05) is 18.2 Å². The number of para-hydroxylation sites is 1. The van der Waals surface area contributed by atoms with Crippen molar-refractivity contribution >= 4 is 11.6 Å². The summed E-state index contributed by atoms with van der Waals surface area (Å²) in [6.07, 6.45) is 4.75. The number of hydrogen-bond donors (Lipinski definition) is 2. The van der Waals surface area contributed by atoms with Gasteiger partial charge in [0.05, 0.1) is 0 Å². The summed E-state index contributed by atoms with van der Waals surface area (Å²) in [7, 11) is 0. The van der Waals surface area contributed by atoms with Gasteiger partial charge in [0.15, 0.2) is 0 Å². The van der Waals surface area contributed by atoms with Gasteiger partial charge in [-0.15, -0.1) is 0 Å². The average molecular weight is 304 g/mol. The van der Waals surface area contributed by atoms with Crippen molar-refractivity contribution in [2.24, 2.45) is 5.92 Å². The van der Waals surface area contributed by atoms with Crippen LogP contribution in [0.3, 0.4) is 0 Å². The molecule has 0 saturated carbocycles. The standard InChI is InChI=1S/C18H28N2O2/c1-15(11-14-21)20-12-9-16(10-13-20)7-8-18(22)19-17-5-3-2-4-6-17/h2-6,15-16,21H,7-14H2,1H3,(H,19,22)/t15-/m0/s1. The van der Waals surface area contributed by atoms with Crippen molar-refractivity contribution in [1.29, 1.82) is 0 Å². The SMILES string of the molecule is C[C@@H](CCO)N1CCC(CCC(=O)Nc2ccccc2)CC1. The number of likely N-dealkylation sites (tertiary alicyclic amines) is 1. The first-order valence-corrected chi connectivity index (χ1v) is 8.39. The van der Waals surface area contributed by atoms with E-state index in [0.29, 0.717) is 18.4 Å². The second-order valence-electron chi connectivity index (χ2n) is 6.29. The minimum Gasteiger partial charge on any atom is -0.396 e. The van der Waals surface area contributed by atoms with Gasteiger partial charge in [0.25, 0.3) is 0 Å². The molecular formula is C18H28N2O2. The third-order valence-electron chi connectivity index (χ3n) is 4.66. The van der Waals surface area contributed by atoms with E-state index in [1.54, 1.807) is 0 Å². The first-order chi connectivity index (χ1) is 10.7. The predicted octanol–water partition coefficient (Wildman–Crippen LogP) is 2.89. The van der Waals surface area contributed by atoms with Gasteiger partial charge in [-0.05, 0) is 63.7 Å². The monoisotopic (exact) mass is 304 g/mol. The van der Waals surface area contributed by atoms with Crippen molar-refractivity contribution in [3.63, 3.8) is 0 Å². The number of amides is 1. The van der Waals surface area contributed by atoms with Crippen molar-refractivity contribution in [1.82, 2.24) is 4.90 Å². The van der Waals surface area contributed by atoms with Crippen LogP contribution in [0.5, 0.6) is 0 Å². The van der Waals surface area contributed by atoms with Gasteiger partial charge in [-0.25, -0.2) is 0 Å². The number of nitrogens with one attached hydrogen (secondary N) is 1. The number of nitrogens with zero attached hydrogens (tertiary/aromatic N) is 1. The molecule has 22 heavy (non-hydrogen) atoms. The lowest BCUT2D eigenvalue weighted by atomic mass is 9.91. The third kappa shape index (κ3) is 5.43. The second-order valence-corrected chi connectivity index (χ2v) is 6.29. The lowest BCUT2D eigenvalue weighted by Crippen LogP contribution is -2.40. The molecule has 1 atom stereocenters. The summed E-state index contributed by atoms with van der Waals surface area (Å²) in [5.74, 6) is 0.765. The molecule has 1 aromatic carbocycles. The van der Waals surface area contributed by atoms with Crippen LogP contribution in [0.4, 0.5) is 5.69 Å². The zero-order chi connectivity index (χ0) is 15.8. The Labute approximate surface area is 133 Å². The van der Waals surface area contributed by atoms with Crippen molar-refractivity contribution in [2.75, 3.05) is 25.0 Å². The van der Waals surface area contributed by atoms with E-state index in [1.165, 1.54) is 0 Å². The fourth-order valence-corrected chi connectivity index (χ4v) is 3.13. The largest absolute Gasteiger partial charge is 0.396 e. The van der Waals surface area contributed by atoms with Crippen LogP contribution in [0.15, 0.2) is 30.3 Å². The summed E-state index contributed by atoms with van der Waals surface area (Å²) in [5.41, 5.74) is 0.875. The molecule has 1 aromatic rings. The van der Waals surface area contributed by atoms with E-state index in [-0.39, 0.29) is 12.5 Å². The Morgan fingerprint density at radius 2 is 2.00 bits per heavy atom. The molecule has 2 rings (SSSR count). The van der Waals surface area contributed by atoms with Gasteiger partial charge in [0.2, 0.25) is 5.91 Å². The summed E-state index contributed by atoms with van der Waals surface area (Å²) < 4.78 is 0. The van der Waals surface area contributed by atoms with Gasteiger partial charge in [0.1, 0.15) is 0 Å². The van der Waals surface area contributed by atoms with Crippen LogP contribution >= 0.6 is 0 Å². The van der Waals surface area contributed by atoms with Crippen LogP contribution in [-0.4, -0.2) is 41.7 Å². The Bertz CT molecular complexity index is 442. The Kier molecular flexibility index (Phi) is 6.87. The molecule has 0 aromatic heterocycles. The minimum absolute atomic E-state index is 0.113. The molecule has 1 fully saturated rings. The van der Waals surface area contributed by atoms with E-state index < -0.39 is 0 Å². The highest BCUT2D eigenvalue weighted by atomic mass is 16.3. The Hall–Kier alpha value is -1.39. The maximum Gasteiger partial charge on any atom is 0.224 e. The fourth-order valence-electron chi connectivity index (χ4n) is 3.13. The highest BCUT2D eigenvalue weighted by Crippen LogP contribution is 2.24. The molecule has 2 N–H and O–H groups in total. The zero-order valence-corrected chi connectivity index (χ0v) is 13.5. The van der Waals surface area contributed by atoms with Gasteiger partial charge < -0.3 is 15.3 Å². The summed E-state index contributed by atoms with van der Waals surface area (Å²) in [6, 6.07) is 10.1. The molecule has 1 aliphatic rings. The van der Waals surface area contributed by atoms with E-state index in [0.717, 1.165) is 44.5 Å². The molecule has 0 unspecified atom stereocenters. The topological polar surface area (TPSA) is 52.6 Å². The highest BCUT2D eigenvalue weighted by Gasteiger charge is 2.22. The normalized spacial score (nSPS) is 18.1. The number of piperidine rings is 1. The molecule has 4 heteroatoms. The minimum atomic E-state index is 0.113. The summed E-state index contributed by atoms with van der Waals surface area (Å²) in [5, 5.41) is 12.0. The van der Waals surface area contributed by atoms with Crippen LogP contribution in [0.2, 0.25) is 0 Å². The van der Waals surface area contributed by atoms with Crippen molar-refractivity contribution in [3.8, 4) is 0 Å². The van der Waals surface area contributed by atoms with E-state index >= 15 is 0 Å². The first kappa shape index (κ1) is 17.0. The number of benzene rings is 1. The van der Waals surface area contributed by atoms with Crippen molar-refractivity contribution in [2.45, 2.75) is 45.1 Å². The lowest BCUT2D eigenvalue weighted by Gasteiger charge is -2.35. The van der Waals surface area contributed by atoms with E-state index in [4.69, 9.17) is 5.11 Å². The number of anilines is 1. The van der Waals surface area contributed by atoms with Gasteiger partial charge in [0, 0.05) is 24.8 Å². The summed E-state index contributed by atoms with van der Waals surface area (Å²) in [6.45, 7) is 4.63. The van der Waals surface area contributed by atoms with Crippen molar-refractivity contribution < 1.29 is 9.90 Å². The molecule has 4 nitrogen and oxygen atoms in total. The lowest BCUT2D eigenvalue weighted by molar-refractivity contribution is -0.116. The number of hydrogen-bond acceptors (Lipinski definition) is 3. The van der Waals surface area contributed by atoms with Gasteiger partial charge >= 0.3 is 0 Å². The van der Waals surface area contributed by atoms with E-state index in [2.05, 4.69) is 17.1 Å². The van der Waals surface area contributed by atoms with Gasteiger partial charge in [-0.2, -0.15) is 0 Å². The molecule has 0 spiro atoms. The fraction of sp³-hybridized carbons (Fsp3) is 0.611. The Morgan fingerprint density at radius 1 is 1.32 bits per heavy atom. The number of carbonyl (C=O) groups excluding carboxylic acids is 1. The second kappa shape index (κ2) is 8.91. The van der Waals surface area contributed by atoms with Crippen LogP contribution in [0.25, 0.3) is 0 Å². The zero-order valence-electron chi connectivity index (χ0n) is 13.5. The molecule has 0 radical (unpaired) electrons. The summed E-state index contributed by atoms with van der Waals surface area (Å²) in [4.78, 5) is 14.4. The Balaban J connectivity index is 1.65. The predicted molar refractivity (Wildman–Crippen MR) is 89.8 cm³/mol. The van der Waals surface area contributed by atoms with Crippen LogP contribution in [0.1, 0.15) is 39.0 Å². The number of aliphatic hydroxyl groups excluding tert-OH is 1. The van der Waals surface area contributed by atoms with E-state index in [1.807, 2.05) is 30.3 Å².